The lowest BCUT2D eigenvalue weighted by Crippen LogP contribution is -2.07. The number of carbonyl (C=O) groups is 1. The van der Waals surface area contributed by atoms with Crippen LogP contribution in [0.1, 0.15) is 12.8 Å². The van der Waals surface area contributed by atoms with Gasteiger partial charge in [0.2, 0.25) is 0 Å². The molecule has 2 aromatic rings. The van der Waals surface area contributed by atoms with Crippen molar-refractivity contribution in [3.8, 4) is 0 Å². The van der Waals surface area contributed by atoms with E-state index in [9.17, 15) is 14.9 Å². The highest BCUT2D eigenvalue weighted by Crippen LogP contribution is 2.39. The zero-order valence-corrected chi connectivity index (χ0v) is 13.5. The number of rotatable bonds is 6. The first-order chi connectivity index (χ1) is 10.4. The van der Waals surface area contributed by atoms with Crippen LogP contribution in [0.3, 0.4) is 0 Å². The lowest BCUT2D eigenvalue weighted by atomic mass is 10.1. The molecule has 0 unspecified atom stereocenters. The van der Waals surface area contributed by atoms with Gasteiger partial charge in [-0.25, -0.2) is 4.98 Å². The summed E-state index contributed by atoms with van der Waals surface area (Å²) >= 11 is 9.17. The molecule has 0 saturated carbocycles. The summed E-state index contributed by atoms with van der Waals surface area (Å²) in [6, 6.07) is 3.08. The van der Waals surface area contributed by atoms with E-state index in [-0.39, 0.29) is 17.1 Å². The number of hydrogen-bond acceptors (Lipinski definition) is 5. The van der Waals surface area contributed by atoms with Crippen LogP contribution in [0.5, 0.6) is 0 Å². The highest BCUT2D eigenvalue weighted by atomic mass is 79.9. The Balaban J connectivity index is 2.41. The van der Waals surface area contributed by atoms with Crippen LogP contribution in [0.2, 0.25) is 5.02 Å². The van der Waals surface area contributed by atoms with Gasteiger partial charge in [-0.2, -0.15) is 0 Å². The van der Waals surface area contributed by atoms with Crippen molar-refractivity contribution in [1.29, 1.82) is 0 Å². The molecule has 0 spiro atoms. The number of anilines is 1. The fraction of sp³-hybridized carbons (Fsp3) is 0.231. The Morgan fingerprint density at radius 2 is 2.23 bits per heavy atom. The molecular weight excluding hydrogens is 378 g/mol. The molecular formula is C13H11BrClN3O4. The molecule has 9 heteroatoms. The van der Waals surface area contributed by atoms with Gasteiger partial charge in [-0.3, -0.25) is 14.9 Å². The third-order valence-electron chi connectivity index (χ3n) is 2.97. The van der Waals surface area contributed by atoms with E-state index in [4.69, 9.17) is 16.7 Å². The molecule has 7 nitrogen and oxygen atoms in total. The van der Waals surface area contributed by atoms with Gasteiger partial charge in [0.15, 0.2) is 0 Å². The lowest BCUT2D eigenvalue weighted by molar-refractivity contribution is -0.382. The monoisotopic (exact) mass is 387 g/mol. The second-order valence-corrected chi connectivity index (χ2v) is 5.72. The number of nitro groups is 1. The van der Waals surface area contributed by atoms with Crippen LogP contribution >= 0.6 is 27.5 Å². The Kier molecular flexibility index (Phi) is 5.15. The largest absolute Gasteiger partial charge is 0.481 e. The fourth-order valence-corrected chi connectivity index (χ4v) is 2.76. The fourth-order valence-electron chi connectivity index (χ4n) is 2.03. The third-order valence-corrected chi connectivity index (χ3v) is 3.88. The van der Waals surface area contributed by atoms with Crippen LogP contribution < -0.4 is 5.32 Å². The highest BCUT2D eigenvalue weighted by Gasteiger charge is 2.21. The molecule has 0 fully saturated rings. The number of aromatic nitrogens is 1. The van der Waals surface area contributed by atoms with E-state index in [1.54, 1.807) is 6.07 Å². The number of aliphatic carboxylic acids is 1. The van der Waals surface area contributed by atoms with E-state index in [0.717, 1.165) is 0 Å². The van der Waals surface area contributed by atoms with Crippen LogP contribution in [0.4, 0.5) is 11.5 Å². The molecule has 22 heavy (non-hydrogen) atoms. The quantitative estimate of drug-likeness (QED) is 0.442. The molecule has 0 amide bonds. The van der Waals surface area contributed by atoms with Gasteiger partial charge in [-0.1, -0.05) is 11.6 Å². The molecule has 2 rings (SSSR count). The van der Waals surface area contributed by atoms with E-state index in [1.807, 2.05) is 0 Å². The molecule has 0 aliphatic rings. The number of pyridine rings is 1. The van der Waals surface area contributed by atoms with Gasteiger partial charge in [0.05, 0.1) is 14.8 Å². The number of hydrogen-bond donors (Lipinski definition) is 2. The summed E-state index contributed by atoms with van der Waals surface area (Å²) in [6.45, 7) is 0.395. The van der Waals surface area contributed by atoms with Crippen molar-refractivity contribution in [3.05, 3.63) is 37.9 Å². The van der Waals surface area contributed by atoms with E-state index >= 15 is 0 Å². The number of carboxylic acids is 1. The number of fused-ring (bicyclic) bond motifs is 1. The molecule has 2 N–H and O–H groups in total. The van der Waals surface area contributed by atoms with Gasteiger partial charge in [-0.15, -0.1) is 0 Å². The molecule has 0 aliphatic carbocycles. The average Bonchev–Trinajstić information content (AvgIpc) is 2.45. The van der Waals surface area contributed by atoms with E-state index in [0.29, 0.717) is 34.0 Å². The van der Waals surface area contributed by atoms with Gasteiger partial charge in [0.1, 0.15) is 10.8 Å². The van der Waals surface area contributed by atoms with Gasteiger partial charge >= 0.3 is 5.97 Å². The highest BCUT2D eigenvalue weighted by molar-refractivity contribution is 9.10. The lowest BCUT2D eigenvalue weighted by Gasteiger charge is -2.10. The number of nitrogens with zero attached hydrogens (tertiary/aromatic N) is 2. The molecule has 0 radical (unpaired) electrons. The van der Waals surface area contributed by atoms with Gasteiger partial charge in [-0.05, 0) is 34.5 Å². The number of nitro benzene ring substituents is 1. The smallest absolute Gasteiger partial charge is 0.303 e. The summed E-state index contributed by atoms with van der Waals surface area (Å²) in [4.78, 5) is 25.4. The number of nitrogens with one attached hydrogen (secondary N) is 1. The van der Waals surface area contributed by atoms with Crippen molar-refractivity contribution in [3.63, 3.8) is 0 Å². The van der Waals surface area contributed by atoms with Gasteiger partial charge in [0.25, 0.3) is 5.69 Å². The second-order valence-electron chi connectivity index (χ2n) is 4.45. The van der Waals surface area contributed by atoms with Crippen molar-refractivity contribution < 1.29 is 14.8 Å². The summed E-state index contributed by atoms with van der Waals surface area (Å²) in [5.74, 6) is -0.429. The summed E-state index contributed by atoms with van der Waals surface area (Å²) in [5.41, 5.74) is -0.193. The molecule has 0 aliphatic heterocycles. The number of benzene rings is 1. The minimum absolute atomic E-state index is 0.0352. The standard InChI is InChI=1S/C13H11BrClN3O4/c14-8-6-17-13(16-5-1-2-10(19)20)7-3-4-9(15)12(11(7)8)18(21)22/h3-4,6H,1-2,5H2,(H,16,17)(H,19,20). The Morgan fingerprint density at radius 1 is 1.50 bits per heavy atom. The normalized spacial score (nSPS) is 10.6. The zero-order chi connectivity index (χ0) is 16.3. The van der Waals surface area contributed by atoms with E-state index in [2.05, 4.69) is 26.2 Å². The van der Waals surface area contributed by atoms with Crippen molar-refractivity contribution in [1.82, 2.24) is 4.98 Å². The minimum atomic E-state index is -0.877. The van der Waals surface area contributed by atoms with Gasteiger partial charge in [0, 0.05) is 24.5 Å². The minimum Gasteiger partial charge on any atom is -0.481 e. The summed E-state index contributed by atoms with van der Waals surface area (Å²) in [7, 11) is 0. The Labute approximate surface area is 138 Å². The maximum absolute atomic E-state index is 11.2. The third kappa shape index (κ3) is 3.45. The average molecular weight is 389 g/mol. The van der Waals surface area contributed by atoms with E-state index < -0.39 is 10.9 Å². The van der Waals surface area contributed by atoms with Crippen LogP contribution in [0, 0.1) is 10.1 Å². The topological polar surface area (TPSA) is 105 Å². The maximum atomic E-state index is 11.2. The molecule has 116 valence electrons. The predicted octanol–water partition coefficient (Wildman–Crippen LogP) is 3.84. The summed E-state index contributed by atoms with van der Waals surface area (Å²) in [5, 5.41) is 23.8. The first-order valence-corrected chi connectivity index (χ1v) is 7.45. The Bertz CT molecular complexity index is 754. The van der Waals surface area contributed by atoms with Crippen molar-refractivity contribution in [2.75, 3.05) is 11.9 Å². The zero-order valence-electron chi connectivity index (χ0n) is 11.2. The van der Waals surface area contributed by atoms with E-state index in [1.165, 1.54) is 12.3 Å². The maximum Gasteiger partial charge on any atom is 0.303 e. The Hall–Kier alpha value is -1.93. The molecule has 0 saturated heterocycles. The first kappa shape index (κ1) is 16.4. The number of halogens is 2. The molecule has 0 bridgehead atoms. The molecule has 1 aromatic heterocycles. The van der Waals surface area contributed by atoms with Crippen molar-refractivity contribution in [2.24, 2.45) is 0 Å². The second kappa shape index (κ2) is 6.89. The summed E-state index contributed by atoms with van der Waals surface area (Å²) < 4.78 is 0.466. The van der Waals surface area contributed by atoms with Crippen LogP contribution in [0.25, 0.3) is 10.8 Å². The van der Waals surface area contributed by atoms with Crippen molar-refractivity contribution in [2.45, 2.75) is 12.8 Å². The SMILES string of the molecule is O=C(O)CCCNc1ncc(Br)c2c([N+](=O)[O-])c(Cl)ccc12. The molecule has 0 atom stereocenters. The molecule has 1 aromatic carbocycles. The first-order valence-electron chi connectivity index (χ1n) is 6.28. The summed E-state index contributed by atoms with van der Waals surface area (Å²) in [6.07, 6.45) is 1.91. The predicted molar refractivity (Wildman–Crippen MR) is 86.5 cm³/mol. The molecule has 1 heterocycles. The van der Waals surface area contributed by atoms with Crippen LogP contribution in [-0.2, 0) is 4.79 Å². The van der Waals surface area contributed by atoms with Crippen molar-refractivity contribution >= 4 is 55.8 Å². The van der Waals surface area contributed by atoms with Gasteiger partial charge < -0.3 is 10.4 Å². The van der Waals surface area contributed by atoms with Crippen LogP contribution in [-0.4, -0.2) is 27.5 Å². The number of carboxylic acid groups (broad SMARTS) is 1. The van der Waals surface area contributed by atoms with Crippen LogP contribution in [0.15, 0.2) is 22.8 Å². The Morgan fingerprint density at radius 3 is 2.86 bits per heavy atom.